The van der Waals surface area contributed by atoms with E-state index in [9.17, 15) is 19.2 Å². The summed E-state index contributed by atoms with van der Waals surface area (Å²) < 4.78 is 39.9. The average molecular weight is 554 g/mol. The number of hydrogen-bond acceptors (Lipinski definition) is 6. The second kappa shape index (κ2) is 9.54. The first-order chi connectivity index (χ1) is 19.1. The monoisotopic (exact) mass is 553 g/mol. The molecule has 40 heavy (non-hydrogen) atoms. The lowest BCUT2D eigenvalue weighted by Gasteiger charge is -2.58. The number of para-hydroxylation sites is 1. The van der Waals surface area contributed by atoms with Crippen LogP contribution in [-0.4, -0.2) is 57.5 Å². The number of nitrogens with one attached hydrogen (secondary N) is 2. The van der Waals surface area contributed by atoms with Crippen molar-refractivity contribution >= 4 is 28.9 Å². The van der Waals surface area contributed by atoms with E-state index in [1.807, 2.05) is 6.07 Å². The van der Waals surface area contributed by atoms with Gasteiger partial charge < -0.3 is 15.0 Å². The second-order valence-corrected chi connectivity index (χ2v) is 10.8. The molecule has 2 aromatic carbocycles. The molecular formula is C28H29F2N5O5. The highest BCUT2D eigenvalue weighted by Gasteiger charge is 2.66. The van der Waals surface area contributed by atoms with Gasteiger partial charge in [0, 0.05) is 32.6 Å². The van der Waals surface area contributed by atoms with Gasteiger partial charge in [-0.2, -0.15) is 0 Å². The van der Waals surface area contributed by atoms with E-state index in [1.165, 1.54) is 9.13 Å². The van der Waals surface area contributed by atoms with E-state index in [0.717, 1.165) is 10.5 Å². The van der Waals surface area contributed by atoms with Crippen molar-refractivity contribution in [2.75, 3.05) is 19.6 Å². The van der Waals surface area contributed by atoms with Crippen LogP contribution in [0.4, 0.5) is 13.6 Å². The molecule has 2 N–H and O–H groups in total. The molecule has 10 nitrogen and oxygen atoms in total. The molecule has 3 aliphatic rings. The number of aromatic nitrogens is 2. The highest BCUT2D eigenvalue weighted by Crippen LogP contribution is 2.57. The van der Waals surface area contributed by atoms with E-state index in [-0.39, 0.29) is 39.0 Å². The smallest absolute Gasteiger partial charge is 0.410 e. The summed E-state index contributed by atoms with van der Waals surface area (Å²) in [5, 5.41) is 5.42. The Labute approximate surface area is 227 Å². The SMILES string of the molecule is Cn1c(=O)n(C2CCC(=O)NC2=O)c2cccc(C3NCC34CCN(C(=O)OCc3ccccc3)CC4(F)F)c21. The number of amides is 3. The highest BCUT2D eigenvalue weighted by molar-refractivity contribution is 6.00. The standard InChI is InChI=1S/C28H29F2N5O5/c1-33-22-18(8-5-9-19(22)35(25(33)38)20-10-11-21(36)32-24(20)37)23-27(15-31-23)12-13-34(16-28(27,29)30)26(39)40-14-17-6-3-2-4-7-17/h2-9,20,23,31H,10-16H2,1H3,(H,32,36,37). The number of carbonyl (C=O) groups excluding carboxylic acids is 3. The molecule has 1 aromatic heterocycles. The van der Waals surface area contributed by atoms with Crippen molar-refractivity contribution in [1.82, 2.24) is 24.7 Å². The van der Waals surface area contributed by atoms with Gasteiger partial charge in [-0.25, -0.2) is 18.4 Å². The normalized spacial score (nSPS) is 26.0. The number of aryl methyl sites for hydroxylation is 1. The molecule has 12 heteroatoms. The molecule has 3 saturated heterocycles. The molecule has 3 atom stereocenters. The van der Waals surface area contributed by atoms with E-state index in [2.05, 4.69) is 10.6 Å². The Kier molecular flexibility index (Phi) is 6.25. The number of likely N-dealkylation sites (tertiary alicyclic amines) is 1. The van der Waals surface area contributed by atoms with Crippen molar-refractivity contribution in [1.29, 1.82) is 0 Å². The molecule has 0 radical (unpaired) electrons. The number of rotatable bonds is 4. The van der Waals surface area contributed by atoms with Gasteiger partial charge in [-0.1, -0.05) is 42.5 Å². The van der Waals surface area contributed by atoms with Crippen molar-refractivity contribution in [3.63, 3.8) is 0 Å². The molecule has 6 rings (SSSR count). The van der Waals surface area contributed by atoms with Crippen molar-refractivity contribution in [2.24, 2.45) is 12.5 Å². The number of carbonyl (C=O) groups is 3. The predicted molar refractivity (Wildman–Crippen MR) is 140 cm³/mol. The van der Waals surface area contributed by atoms with Crippen molar-refractivity contribution in [3.05, 3.63) is 70.1 Å². The Morgan fingerprint density at radius 3 is 2.55 bits per heavy atom. The molecule has 3 fully saturated rings. The van der Waals surface area contributed by atoms with Gasteiger partial charge in [0.1, 0.15) is 12.6 Å². The number of nitrogens with zero attached hydrogens (tertiary/aromatic N) is 3. The molecule has 0 aliphatic carbocycles. The second-order valence-electron chi connectivity index (χ2n) is 10.8. The number of halogens is 2. The fourth-order valence-corrected chi connectivity index (χ4v) is 6.32. The van der Waals surface area contributed by atoms with Crippen LogP contribution >= 0.6 is 0 Å². The summed E-state index contributed by atoms with van der Waals surface area (Å²) in [6.07, 6.45) is -0.472. The van der Waals surface area contributed by atoms with Crippen LogP contribution in [0.3, 0.4) is 0 Å². The van der Waals surface area contributed by atoms with Crippen LogP contribution in [0, 0.1) is 5.41 Å². The van der Waals surface area contributed by atoms with Crippen LogP contribution in [0.25, 0.3) is 11.0 Å². The van der Waals surface area contributed by atoms with Gasteiger partial charge in [-0.15, -0.1) is 0 Å². The third-order valence-corrected chi connectivity index (χ3v) is 8.55. The Hall–Kier alpha value is -4.06. The lowest BCUT2D eigenvalue weighted by atomic mass is 9.62. The fraction of sp³-hybridized carbons (Fsp3) is 0.429. The van der Waals surface area contributed by atoms with Crippen LogP contribution in [0.15, 0.2) is 53.3 Å². The summed E-state index contributed by atoms with van der Waals surface area (Å²) in [4.78, 5) is 51.2. The first-order valence-corrected chi connectivity index (χ1v) is 13.2. The quantitative estimate of drug-likeness (QED) is 0.481. The van der Waals surface area contributed by atoms with Gasteiger partial charge in [0.25, 0.3) is 5.92 Å². The van der Waals surface area contributed by atoms with Gasteiger partial charge in [0.2, 0.25) is 11.8 Å². The Morgan fingerprint density at radius 1 is 1.10 bits per heavy atom. The van der Waals surface area contributed by atoms with E-state index < -0.39 is 53.6 Å². The van der Waals surface area contributed by atoms with Crippen LogP contribution in [0.2, 0.25) is 0 Å². The van der Waals surface area contributed by atoms with E-state index in [1.54, 1.807) is 49.5 Å². The summed E-state index contributed by atoms with van der Waals surface area (Å²) in [5.41, 5.74) is 0.247. The molecule has 3 amide bonds. The van der Waals surface area contributed by atoms with Gasteiger partial charge in [-0.3, -0.25) is 24.0 Å². The van der Waals surface area contributed by atoms with Gasteiger partial charge in [-0.05, 0) is 30.0 Å². The van der Waals surface area contributed by atoms with Crippen LogP contribution < -0.4 is 16.3 Å². The van der Waals surface area contributed by atoms with E-state index >= 15 is 8.78 Å². The van der Waals surface area contributed by atoms with Gasteiger partial charge in [0.05, 0.1) is 23.0 Å². The lowest BCUT2D eigenvalue weighted by Crippen LogP contribution is -2.70. The van der Waals surface area contributed by atoms with Crippen molar-refractivity contribution < 1.29 is 27.9 Å². The topological polar surface area (TPSA) is 115 Å². The Bertz CT molecular complexity index is 1570. The number of ether oxygens (including phenoxy) is 1. The third kappa shape index (κ3) is 4.00. The minimum absolute atomic E-state index is 0.00272. The number of benzene rings is 2. The first kappa shape index (κ1) is 26.2. The molecule has 0 saturated carbocycles. The zero-order valence-corrected chi connectivity index (χ0v) is 21.9. The zero-order valence-electron chi connectivity index (χ0n) is 21.9. The van der Waals surface area contributed by atoms with E-state index in [0.29, 0.717) is 16.6 Å². The number of hydrogen-bond donors (Lipinski definition) is 2. The molecule has 3 unspecified atom stereocenters. The number of fused-ring (bicyclic) bond motifs is 1. The molecule has 210 valence electrons. The molecule has 3 aromatic rings. The largest absolute Gasteiger partial charge is 0.445 e. The van der Waals surface area contributed by atoms with Crippen molar-refractivity contribution in [3.8, 4) is 0 Å². The molecule has 0 bridgehead atoms. The fourth-order valence-electron chi connectivity index (χ4n) is 6.32. The Morgan fingerprint density at radius 2 is 1.88 bits per heavy atom. The molecule has 3 aliphatic heterocycles. The zero-order chi connectivity index (χ0) is 28.2. The summed E-state index contributed by atoms with van der Waals surface area (Å²) in [6, 6.07) is 12.4. The summed E-state index contributed by atoms with van der Waals surface area (Å²) in [5.74, 6) is -4.19. The molecule has 1 spiro atoms. The minimum Gasteiger partial charge on any atom is -0.445 e. The number of alkyl halides is 2. The van der Waals surface area contributed by atoms with Gasteiger partial charge in [0.15, 0.2) is 0 Å². The number of imidazole rings is 1. The maximum atomic E-state index is 15.9. The highest BCUT2D eigenvalue weighted by atomic mass is 19.3. The summed E-state index contributed by atoms with van der Waals surface area (Å²) in [7, 11) is 1.55. The summed E-state index contributed by atoms with van der Waals surface area (Å²) in [6.45, 7) is -0.619. The summed E-state index contributed by atoms with van der Waals surface area (Å²) >= 11 is 0. The van der Waals surface area contributed by atoms with E-state index in [4.69, 9.17) is 4.74 Å². The minimum atomic E-state index is -3.24. The number of imide groups is 1. The van der Waals surface area contributed by atoms with Crippen LogP contribution in [0.5, 0.6) is 0 Å². The Balaban J connectivity index is 1.27. The maximum Gasteiger partial charge on any atom is 0.410 e. The van der Waals surface area contributed by atoms with Crippen LogP contribution in [0.1, 0.15) is 42.5 Å². The molecular weight excluding hydrogens is 524 g/mol. The maximum absolute atomic E-state index is 15.9. The molecule has 4 heterocycles. The van der Waals surface area contributed by atoms with Crippen LogP contribution in [-0.2, 0) is 28.0 Å². The van der Waals surface area contributed by atoms with Gasteiger partial charge >= 0.3 is 11.8 Å². The third-order valence-electron chi connectivity index (χ3n) is 8.55. The predicted octanol–water partition coefficient (Wildman–Crippen LogP) is 2.63. The first-order valence-electron chi connectivity index (χ1n) is 13.2. The van der Waals surface area contributed by atoms with Crippen molar-refractivity contribution in [2.45, 2.75) is 43.9 Å². The number of piperidine rings is 2. The average Bonchev–Trinajstić information content (AvgIpc) is 3.17. The lowest BCUT2D eigenvalue weighted by molar-refractivity contribution is -0.207.